The van der Waals surface area contributed by atoms with Crippen molar-refractivity contribution in [1.82, 2.24) is 5.32 Å². The van der Waals surface area contributed by atoms with Crippen molar-refractivity contribution in [3.05, 3.63) is 0 Å². The molecule has 4 heteroatoms. The van der Waals surface area contributed by atoms with Crippen molar-refractivity contribution < 1.29 is 9.47 Å². The number of thiol groups is 1. The van der Waals surface area contributed by atoms with Crippen LogP contribution in [0, 0.1) is 0 Å². The Balaban J connectivity index is 1.82. The molecule has 3 nitrogen and oxygen atoms in total. The quantitative estimate of drug-likeness (QED) is 0.502. The summed E-state index contributed by atoms with van der Waals surface area (Å²) in [4.78, 5) is 0. The highest BCUT2D eigenvalue weighted by atomic mass is 32.1. The summed E-state index contributed by atoms with van der Waals surface area (Å²) in [6, 6.07) is 0. The molecule has 0 unspecified atom stereocenters. The average Bonchev–Trinajstić information content (AvgIpc) is 2.25. The third-order valence-corrected chi connectivity index (χ3v) is 2.45. The summed E-state index contributed by atoms with van der Waals surface area (Å²) in [6.07, 6.45) is 4.59. The third-order valence-electron chi connectivity index (χ3n) is 2.23. The maximum absolute atomic E-state index is 5.58. The standard InChI is InChI=1S/C10H21NO2S/c14-9-6-11-5-3-8-13-10-4-1-2-7-12-10/h10-11,14H,1-9H2/t10-/m1/s1. The molecule has 0 radical (unpaired) electrons. The van der Waals surface area contributed by atoms with Gasteiger partial charge < -0.3 is 14.8 Å². The van der Waals surface area contributed by atoms with E-state index in [0.29, 0.717) is 0 Å². The zero-order valence-corrected chi connectivity index (χ0v) is 9.60. The second-order valence-corrected chi connectivity index (χ2v) is 3.94. The Labute approximate surface area is 91.9 Å². The Bertz CT molecular complexity index is 129. The smallest absolute Gasteiger partial charge is 0.157 e. The fourth-order valence-corrected chi connectivity index (χ4v) is 1.62. The second-order valence-electron chi connectivity index (χ2n) is 3.49. The topological polar surface area (TPSA) is 30.5 Å². The van der Waals surface area contributed by atoms with Gasteiger partial charge in [0, 0.05) is 18.9 Å². The summed E-state index contributed by atoms with van der Waals surface area (Å²) < 4.78 is 11.0. The van der Waals surface area contributed by atoms with Crippen LogP contribution in [0.2, 0.25) is 0 Å². The van der Waals surface area contributed by atoms with E-state index in [1.54, 1.807) is 0 Å². The fraction of sp³-hybridized carbons (Fsp3) is 1.00. The largest absolute Gasteiger partial charge is 0.353 e. The highest BCUT2D eigenvalue weighted by molar-refractivity contribution is 7.80. The van der Waals surface area contributed by atoms with E-state index in [2.05, 4.69) is 17.9 Å². The Kier molecular flexibility index (Phi) is 7.50. The Morgan fingerprint density at radius 3 is 3.00 bits per heavy atom. The Morgan fingerprint density at radius 1 is 1.36 bits per heavy atom. The van der Waals surface area contributed by atoms with Crippen LogP contribution in [0.4, 0.5) is 0 Å². The monoisotopic (exact) mass is 219 g/mol. The average molecular weight is 219 g/mol. The predicted molar refractivity (Wildman–Crippen MR) is 60.9 cm³/mol. The van der Waals surface area contributed by atoms with Gasteiger partial charge in [0.25, 0.3) is 0 Å². The summed E-state index contributed by atoms with van der Waals surface area (Å²) in [5.41, 5.74) is 0. The van der Waals surface area contributed by atoms with Crippen LogP contribution in [0.25, 0.3) is 0 Å². The maximum atomic E-state index is 5.58. The molecule has 0 spiro atoms. The van der Waals surface area contributed by atoms with E-state index >= 15 is 0 Å². The van der Waals surface area contributed by atoms with Crippen molar-refractivity contribution in [2.24, 2.45) is 0 Å². The van der Waals surface area contributed by atoms with Gasteiger partial charge >= 0.3 is 0 Å². The zero-order chi connectivity index (χ0) is 10.1. The first-order chi connectivity index (χ1) is 6.93. The van der Waals surface area contributed by atoms with Crippen LogP contribution in [0.3, 0.4) is 0 Å². The molecule has 1 N–H and O–H groups in total. The molecule has 0 aromatic carbocycles. The lowest BCUT2D eigenvalue weighted by atomic mass is 10.2. The van der Waals surface area contributed by atoms with Gasteiger partial charge in [0.2, 0.25) is 0 Å². The number of ether oxygens (including phenoxy) is 2. The van der Waals surface area contributed by atoms with E-state index in [9.17, 15) is 0 Å². The lowest BCUT2D eigenvalue weighted by Crippen LogP contribution is -2.24. The second kappa shape index (κ2) is 8.53. The molecule has 84 valence electrons. The van der Waals surface area contributed by atoms with Crippen LogP contribution in [0.1, 0.15) is 25.7 Å². The lowest BCUT2D eigenvalue weighted by Gasteiger charge is -2.22. The highest BCUT2D eigenvalue weighted by Crippen LogP contribution is 2.13. The maximum Gasteiger partial charge on any atom is 0.157 e. The van der Waals surface area contributed by atoms with E-state index in [4.69, 9.17) is 9.47 Å². The molecule has 14 heavy (non-hydrogen) atoms. The molecule has 0 bridgehead atoms. The molecule has 1 aliphatic rings. The van der Waals surface area contributed by atoms with Gasteiger partial charge in [-0.05, 0) is 32.2 Å². The molecule has 1 fully saturated rings. The van der Waals surface area contributed by atoms with Gasteiger partial charge in [-0.15, -0.1) is 0 Å². The van der Waals surface area contributed by atoms with Crippen LogP contribution in [-0.2, 0) is 9.47 Å². The van der Waals surface area contributed by atoms with Crippen molar-refractivity contribution in [3.63, 3.8) is 0 Å². The molecule has 0 aliphatic carbocycles. The molecule has 0 aromatic rings. The van der Waals surface area contributed by atoms with Gasteiger partial charge in [-0.1, -0.05) is 0 Å². The fourth-order valence-electron chi connectivity index (χ4n) is 1.46. The Hall–Kier alpha value is 0.230. The minimum atomic E-state index is 0.0635. The zero-order valence-electron chi connectivity index (χ0n) is 8.71. The van der Waals surface area contributed by atoms with Crippen LogP contribution in [-0.4, -0.2) is 38.3 Å². The molecule has 0 saturated carbocycles. The molecule has 0 aromatic heterocycles. The first kappa shape index (κ1) is 12.3. The SMILES string of the molecule is SCCNCCCO[C@@H]1CCCCO1. The first-order valence-corrected chi connectivity index (χ1v) is 6.11. The lowest BCUT2D eigenvalue weighted by molar-refractivity contribution is -0.162. The first-order valence-electron chi connectivity index (χ1n) is 5.48. The normalized spacial score (nSPS) is 22.5. The predicted octanol–water partition coefficient (Wildman–Crippen LogP) is 1.44. The summed E-state index contributed by atoms with van der Waals surface area (Å²) >= 11 is 4.12. The number of hydrogen-bond donors (Lipinski definition) is 2. The molecular formula is C10H21NO2S. The van der Waals surface area contributed by atoms with Crippen LogP contribution >= 0.6 is 12.6 Å². The number of hydrogen-bond acceptors (Lipinski definition) is 4. The molecule has 1 saturated heterocycles. The van der Waals surface area contributed by atoms with Crippen molar-refractivity contribution in [2.75, 3.05) is 32.1 Å². The highest BCUT2D eigenvalue weighted by Gasteiger charge is 2.12. The number of nitrogens with one attached hydrogen (secondary N) is 1. The summed E-state index contributed by atoms with van der Waals surface area (Å²) in [5.74, 6) is 0.895. The molecule has 0 amide bonds. The van der Waals surface area contributed by atoms with Gasteiger partial charge in [0.1, 0.15) is 0 Å². The van der Waals surface area contributed by atoms with E-state index < -0.39 is 0 Å². The molecule has 1 aliphatic heterocycles. The summed E-state index contributed by atoms with van der Waals surface area (Å²) in [5, 5.41) is 3.28. The van der Waals surface area contributed by atoms with Crippen molar-refractivity contribution >= 4 is 12.6 Å². The molecular weight excluding hydrogens is 198 g/mol. The van der Waals surface area contributed by atoms with Gasteiger partial charge in [0.05, 0.1) is 6.61 Å². The molecule has 1 atom stereocenters. The van der Waals surface area contributed by atoms with Gasteiger partial charge in [0.15, 0.2) is 6.29 Å². The summed E-state index contributed by atoms with van der Waals surface area (Å²) in [6.45, 7) is 3.64. The van der Waals surface area contributed by atoms with E-state index in [0.717, 1.165) is 44.9 Å². The van der Waals surface area contributed by atoms with Crippen LogP contribution in [0.5, 0.6) is 0 Å². The van der Waals surface area contributed by atoms with Crippen molar-refractivity contribution in [2.45, 2.75) is 32.0 Å². The third kappa shape index (κ3) is 5.86. The number of rotatable bonds is 7. The van der Waals surface area contributed by atoms with Crippen molar-refractivity contribution in [3.8, 4) is 0 Å². The van der Waals surface area contributed by atoms with Gasteiger partial charge in [-0.3, -0.25) is 0 Å². The minimum Gasteiger partial charge on any atom is -0.353 e. The van der Waals surface area contributed by atoms with Crippen LogP contribution < -0.4 is 5.32 Å². The van der Waals surface area contributed by atoms with Crippen LogP contribution in [0.15, 0.2) is 0 Å². The van der Waals surface area contributed by atoms with E-state index in [1.165, 1.54) is 12.8 Å². The van der Waals surface area contributed by atoms with Crippen molar-refractivity contribution in [1.29, 1.82) is 0 Å². The van der Waals surface area contributed by atoms with Gasteiger partial charge in [-0.2, -0.15) is 12.6 Å². The molecule has 1 heterocycles. The Morgan fingerprint density at radius 2 is 2.29 bits per heavy atom. The van der Waals surface area contributed by atoms with E-state index in [1.807, 2.05) is 0 Å². The minimum absolute atomic E-state index is 0.0635. The van der Waals surface area contributed by atoms with Gasteiger partial charge in [-0.25, -0.2) is 0 Å². The molecule has 1 rings (SSSR count). The van der Waals surface area contributed by atoms with E-state index in [-0.39, 0.29) is 6.29 Å². The summed E-state index contributed by atoms with van der Waals surface area (Å²) in [7, 11) is 0.